The smallest absolute Gasteiger partial charge is 0.263 e. The molecule has 1 rings (SSSR count). The molecular formula is C17H23N3O2. The lowest BCUT2D eigenvalue weighted by Crippen LogP contribution is -2.26. The van der Waals surface area contributed by atoms with Crippen molar-refractivity contribution in [2.75, 3.05) is 13.7 Å². The van der Waals surface area contributed by atoms with Crippen molar-refractivity contribution in [1.29, 1.82) is 5.26 Å². The first kappa shape index (κ1) is 17.6. The summed E-state index contributed by atoms with van der Waals surface area (Å²) in [4.78, 5) is 11.8. The van der Waals surface area contributed by atoms with Crippen molar-refractivity contribution < 1.29 is 9.53 Å². The molecule has 0 spiro atoms. The Morgan fingerprint density at radius 3 is 2.64 bits per heavy atom. The van der Waals surface area contributed by atoms with Crippen LogP contribution >= 0.6 is 0 Å². The van der Waals surface area contributed by atoms with Crippen molar-refractivity contribution in [3.63, 3.8) is 0 Å². The predicted molar refractivity (Wildman–Crippen MR) is 86.2 cm³/mol. The average molecular weight is 301 g/mol. The number of nitrogens with one attached hydrogen (secondary N) is 2. The number of nitriles is 1. The molecular weight excluding hydrogens is 278 g/mol. The Labute approximate surface area is 132 Å². The van der Waals surface area contributed by atoms with Crippen LogP contribution in [-0.4, -0.2) is 19.6 Å². The highest BCUT2D eigenvalue weighted by Crippen LogP contribution is 2.17. The second-order valence-corrected chi connectivity index (χ2v) is 4.94. The number of carbonyl (C=O) groups is 1. The van der Waals surface area contributed by atoms with Crippen molar-refractivity contribution >= 4 is 5.91 Å². The summed E-state index contributed by atoms with van der Waals surface area (Å²) in [7, 11) is 1.62. The van der Waals surface area contributed by atoms with Crippen LogP contribution in [0.1, 0.15) is 38.3 Å². The van der Waals surface area contributed by atoms with Crippen molar-refractivity contribution in [1.82, 2.24) is 10.6 Å². The van der Waals surface area contributed by atoms with Crippen LogP contribution in [0.5, 0.6) is 5.75 Å². The lowest BCUT2D eigenvalue weighted by molar-refractivity contribution is -0.117. The number of unbranched alkanes of at least 4 members (excludes halogenated alkanes) is 1. The van der Waals surface area contributed by atoms with Crippen molar-refractivity contribution in [2.45, 2.75) is 32.7 Å². The predicted octanol–water partition coefficient (Wildman–Crippen LogP) is 2.67. The van der Waals surface area contributed by atoms with Gasteiger partial charge in [-0.15, -0.1) is 0 Å². The molecule has 0 aliphatic carbocycles. The highest BCUT2D eigenvalue weighted by atomic mass is 16.5. The zero-order valence-corrected chi connectivity index (χ0v) is 13.3. The fourth-order valence-corrected chi connectivity index (χ4v) is 1.82. The molecule has 22 heavy (non-hydrogen) atoms. The van der Waals surface area contributed by atoms with Gasteiger partial charge in [0.2, 0.25) is 0 Å². The van der Waals surface area contributed by atoms with Gasteiger partial charge in [0.25, 0.3) is 5.91 Å². The number of hydrogen-bond acceptors (Lipinski definition) is 4. The van der Waals surface area contributed by atoms with E-state index in [0.717, 1.165) is 24.2 Å². The molecule has 0 saturated carbocycles. The monoisotopic (exact) mass is 301 g/mol. The summed E-state index contributed by atoms with van der Waals surface area (Å²) in [6.45, 7) is 4.59. The van der Waals surface area contributed by atoms with Gasteiger partial charge >= 0.3 is 0 Å². The van der Waals surface area contributed by atoms with Gasteiger partial charge < -0.3 is 15.4 Å². The molecule has 1 unspecified atom stereocenters. The third-order valence-corrected chi connectivity index (χ3v) is 3.27. The van der Waals surface area contributed by atoms with E-state index in [0.29, 0.717) is 6.54 Å². The Hall–Kier alpha value is -2.48. The molecule has 0 aromatic heterocycles. The number of amides is 1. The van der Waals surface area contributed by atoms with Gasteiger partial charge in [-0.1, -0.05) is 25.5 Å². The maximum absolute atomic E-state index is 11.8. The molecule has 0 aliphatic rings. The topological polar surface area (TPSA) is 74.2 Å². The maximum atomic E-state index is 11.8. The molecule has 0 heterocycles. The van der Waals surface area contributed by atoms with Crippen LogP contribution in [0.25, 0.3) is 0 Å². The third-order valence-electron chi connectivity index (χ3n) is 3.27. The Bertz CT molecular complexity index is 544. The van der Waals surface area contributed by atoms with E-state index in [1.165, 1.54) is 6.20 Å². The van der Waals surface area contributed by atoms with Crippen molar-refractivity contribution in [2.24, 2.45) is 0 Å². The normalized spacial score (nSPS) is 12.2. The molecule has 0 saturated heterocycles. The Kier molecular flexibility index (Phi) is 7.55. The molecule has 0 fully saturated rings. The van der Waals surface area contributed by atoms with Crippen LogP contribution in [-0.2, 0) is 4.79 Å². The number of ether oxygens (including phenoxy) is 1. The largest absolute Gasteiger partial charge is 0.497 e. The van der Waals surface area contributed by atoms with Gasteiger partial charge in [-0.3, -0.25) is 4.79 Å². The first-order valence-electron chi connectivity index (χ1n) is 7.40. The average Bonchev–Trinajstić information content (AvgIpc) is 2.55. The lowest BCUT2D eigenvalue weighted by Gasteiger charge is -2.13. The van der Waals surface area contributed by atoms with E-state index < -0.39 is 0 Å². The van der Waals surface area contributed by atoms with E-state index in [2.05, 4.69) is 10.6 Å². The summed E-state index contributed by atoms with van der Waals surface area (Å²) in [5.74, 6) is 0.449. The number of carbonyl (C=O) groups excluding carboxylic acids is 1. The highest BCUT2D eigenvalue weighted by molar-refractivity contribution is 5.97. The molecule has 1 amide bonds. The van der Waals surface area contributed by atoms with Crippen LogP contribution in [0.2, 0.25) is 0 Å². The first-order chi connectivity index (χ1) is 10.6. The first-order valence-corrected chi connectivity index (χ1v) is 7.40. The second-order valence-electron chi connectivity index (χ2n) is 4.94. The van der Waals surface area contributed by atoms with Crippen LogP contribution in [0, 0.1) is 11.3 Å². The molecule has 0 radical (unpaired) electrons. The molecule has 0 aliphatic heterocycles. The minimum Gasteiger partial charge on any atom is -0.497 e. The summed E-state index contributed by atoms with van der Waals surface area (Å²) in [5, 5.41) is 14.9. The Morgan fingerprint density at radius 1 is 1.41 bits per heavy atom. The SMILES string of the molecule is CCCCNC(=O)/C(C#N)=C\NC(C)c1ccc(OC)cc1. The molecule has 1 aromatic carbocycles. The van der Waals surface area contributed by atoms with E-state index in [4.69, 9.17) is 10.00 Å². The number of rotatable bonds is 8. The van der Waals surface area contributed by atoms with E-state index in [9.17, 15) is 4.79 Å². The quantitative estimate of drug-likeness (QED) is 0.440. The summed E-state index contributed by atoms with van der Waals surface area (Å²) >= 11 is 0. The fourth-order valence-electron chi connectivity index (χ4n) is 1.82. The Morgan fingerprint density at radius 2 is 2.09 bits per heavy atom. The van der Waals surface area contributed by atoms with Gasteiger partial charge in [-0.05, 0) is 31.0 Å². The zero-order chi connectivity index (χ0) is 16.4. The number of hydrogen-bond donors (Lipinski definition) is 2. The highest BCUT2D eigenvalue weighted by Gasteiger charge is 2.09. The maximum Gasteiger partial charge on any atom is 0.263 e. The fraction of sp³-hybridized carbons (Fsp3) is 0.412. The van der Waals surface area contributed by atoms with Crippen molar-refractivity contribution in [3.8, 4) is 11.8 Å². The lowest BCUT2D eigenvalue weighted by atomic mass is 10.1. The van der Waals surface area contributed by atoms with Gasteiger partial charge in [-0.25, -0.2) is 0 Å². The minimum absolute atomic E-state index is 0.0160. The van der Waals surface area contributed by atoms with Gasteiger partial charge in [0.1, 0.15) is 17.4 Å². The van der Waals surface area contributed by atoms with Gasteiger partial charge in [0.15, 0.2) is 0 Å². The van der Waals surface area contributed by atoms with Crippen LogP contribution < -0.4 is 15.4 Å². The summed E-state index contributed by atoms with van der Waals surface area (Å²) < 4.78 is 5.11. The number of nitrogens with zero attached hydrogens (tertiary/aromatic N) is 1. The molecule has 5 nitrogen and oxygen atoms in total. The van der Waals surface area contributed by atoms with E-state index in [1.807, 2.05) is 44.2 Å². The van der Waals surface area contributed by atoms with E-state index in [-0.39, 0.29) is 17.5 Å². The van der Waals surface area contributed by atoms with E-state index >= 15 is 0 Å². The van der Waals surface area contributed by atoms with Gasteiger partial charge in [0, 0.05) is 18.8 Å². The van der Waals surface area contributed by atoms with Gasteiger partial charge in [-0.2, -0.15) is 5.26 Å². The molecule has 1 aromatic rings. The van der Waals surface area contributed by atoms with Crippen LogP contribution in [0.4, 0.5) is 0 Å². The summed E-state index contributed by atoms with van der Waals surface area (Å²) in [6.07, 6.45) is 3.37. The molecule has 118 valence electrons. The van der Waals surface area contributed by atoms with Crippen LogP contribution in [0.3, 0.4) is 0 Å². The molecule has 2 N–H and O–H groups in total. The van der Waals surface area contributed by atoms with E-state index in [1.54, 1.807) is 7.11 Å². The minimum atomic E-state index is -0.342. The summed E-state index contributed by atoms with van der Waals surface area (Å²) in [5.41, 5.74) is 1.12. The molecule has 5 heteroatoms. The molecule has 0 bridgehead atoms. The third kappa shape index (κ3) is 5.49. The van der Waals surface area contributed by atoms with Gasteiger partial charge in [0.05, 0.1) is 7.11 Å². The standard InChI is InChI=1S/C17H23N3O2/c1-4-5-10-19-17(21)15(11-18)12-20-13(2)14-6-8-16(22-3)9-7-14/h6-9,12-13,20H,4-5,10H2,1-3H3,(H,19,21)/b15-12-. The zero-order valence-electron chi connectivity index (χ0n) is 13.3. The van der Waals surface area contributed by atoms with Crippen LogP contribution in [0.15, 0.2) is 36.0 Å². The number of methoxy groups -OCH3 is 1. The van der Waals surface area contributed by atoms with Crippen molar-refractivity contribution in [3.05, 3.63) is 41.6 Å². The molecule has 1 atom stereocenters. The summed E-state index contributed by atoms with van der Waals surface area (Å²) in [6, 6.07) is 9.54. The number of benzene rings is 1. The second kappa shape index (κ2) is 9.46. The Balaban J connectivity index is 2.62.